The molecule has 0 saturated heterocycles. The van der Waals surface area contributed by atoms with Crippen LogP contribution in [0.2, 0.25) is 0 Å². The molecule has 1 aromatic rings. The van der Waals surface area contributed by atoms with Crippen molar-refractivity contribution in [3.63, 3.8) is 0 Å². The van der Waals surface area contributed by atoms with Crippen molar-refractivity contribution < 1.29 is 14.3 Å². The Kier molecular flexibility index (Phi) is 4.05. The van der Waals surface area contributed by atoms with Crippen molar-refractivity contribution in [3.05, 3.63) is 29.3 Å². The van der Waals surface area contributed by atoms with Gasteiger partial charge in [-0.25, -0.2) is 4.79 Å². The lowest BCUT2D eigenvalue weighted by molar-refractivity contribution is -0.120. The van der Waals surface area contributed by atoms with Crippen LogP contribution in [0.25, 0.3) is 0 Å². The second kappa shape index (κ2) is 5.30. The maximum absolute atomic E-state index is 11.5. The van der Waals surface area contributed by atoms with E-state index in [1.807, 2.05) is 14.0 Å². The van der Waals surface area contributed by atoms with Crippen LogP contribution in [0.4, 0.5) is 5.69 Å². The molecule has 0 aliphatic rings. The third-order valence-electron chi connectivity index (χ3n) is 2.14. The molecule has 0 atom stereocenters. The molecular formula is C12H15NO3. The molecule has 0 aliphatic carbocycles. The summed E-state index contributed by atoms with van der Waals surface area (Å²) in [5, 5.41) is 3.01. The Hall–Kier alpha value is -1.84. The standard InChI is InChI=1S/C12H15NO3/c1-8-6-10(4-5-11(8)13-3)12(15)16-7-9(2)14/h4-6,13H,7H2,1-3H3. The number of hydrogen-bond donors (Lipinski definition) is 1. The van der Waals surface area contributed by atoms with Gasteiger partial charge in [-0.3, -0.25) is 4.79 Å². The van der Waals surface area contributed by atoms with E-state index in [0.29, 0.717) is 5.56 Å². The van der Waals surface area contributed by atoms with Gasteiger partial charge in [-0.1, -0.05) is 0 Å². The number of benzene rings is 1. The molecule has 0 aliphatic heterocycles. The maximum atomic E-state index is 11.5. The van der Waals surface area contributed by atoms with E-state index in [2.05, 4.69) is 5.32 Å². The predicted octanol–water partition coefficient (Wildman–Crippen LogP) is 1.78. The number of ether oxygens (including phenoxy) is 1. The third kappa shape index (κ3) is 3.08. The van der Waals surface area contributed by atoms with Crippen LogP contribution >= 0.6 is 0 Å². The van der Waals surface area contributed by atoms with Crippen molar-refractivity contribution >= 4 is 17.4 Å². The summed E-state index contributed by atoms with van der Waals surface area (Å²) in [5.41, 5.74) is 2.38. The highest BCUT2D eigenvalue weighted by atomic mass is 16.5. The maximum Gasteiger partial charge on any atom is 0.338 e. The van der Waals surface area contributed by atoms with E-state index in [4.69, 9.17) is 4.74 Å². The summed E-state index contributed by atoms with van der Waals surface area (Å²) in [6, 6.07) is 5.20. The molecule has 0 saturated carbocycles. The number of carbonyl (C=O) groups excluding carboxylic acids is 2. The molecule has 0 unspecified atom stereocenters. The summed E-state index contributed by atoms with van der Waals surface area (Å²) in [4.78, 5) is 22.2. The van der Waals surface area contributed by atoms with E-state index in [-0.39, 0.29) is 12.4 Å². The first kappa shape index (κ1) is 12.2. The van der Waals surface area contributed by atoms with Gasteiger partial charge in [-0.2, -0.15) is 0 Å². The lowest BCUT2D eigenvalue weighted by atomic mass is 10.1. The Balaban J connectivity index is 2.77. The first-order chi connectivity index (χ1) is 7.54. The number of aryl methyl sites for hydroxylation is 1. The van der Waals surface area contributed by atoms with E-state index in [9.17, 15) is 9.59 Å². The van der Waals surface area contributed by atoms with Crippen LogP contribution in [0.3, 0.4) is 0 Å². The number of esters is 1. The number of nitrogens with one attached hydrogen (secondary N) is 1. The number of Topliss-reactive ketones (excluding diaryl/α,β-unsaturated/α-hetero) is 1. The normalized spacial score (nSPS) is 9.69. The first-order valence-corrected chi connectivity index (χ1v) is 4.99. The smallest absolute Gasteiger partial charge is 0.338 e. The Morgan fingerprint density at radius 3 is 2.56 bits per heavy atom. The topological polar surface area (TPSA) is 55.4 Å². The van der Waals surface area contributed by atoms with Crippen molar-refractivity contribution in [1.82, 2.24) is 0 Å². The molecule has 1 aromatic carbocycles. The Morgan fingerprint density at radius 2 is 2.06 bits per heavy atom. The summed E-state index contributed by atoms with van der Waals surface area (Å²) >= 11 is 0. The minimum absolute atomic E-state index is 0.170. The number of ketones is 1. The molecule has 0 spiro atoms. The molecule has 0 bridgehead atoms. The van der Waals surface area contributed by atoms with Gasteiger partial charge in [-0.05, 0) is 37.6 Å². The monoisotopic (exact) mass is 221 g/mol. The molecule has 0 amide bonds. The molecule has 4 nitrogen and oxygen atoms in total. The molecule has 16 heavy (non-hydrogen) atoms. The highest BCUT2D eigenvalue weighted by Gasteiger charge is 2.09. The molecule has 0 radical (unpaired) electrons. The highest BCUT2D eigenvalue weighted by molar-refractivity contribution is 5.92. The van der Waals surface area contributed by atoms with Crippen LogP contribution in [-0.2, 0) is 9.53 Å². The third-order valence-corrected chi connectivity index (χ3v) is 2.14. The van der Waals surface area contributed by atoms with Crippen LogP contribution in [-0.4, -0.2) is 25.4 Å². The van der Waals surface area contributed by atoms with Gasteiger partial charge in [0.25, 0.3) is 0 Å². The van der Waals surface area contributed by atoms with E-state index in [1.165, 1.54) is 6.92 Å². The zero-order chi connectivity index (χ0) is 12.1. The van der Waals surface area contributed by atoms with Gasteiger partial charge in [0.15, 0.2) is 5.78 Å². The molecule has 1 N–H and O–H groups in total. The lowest BCUT2D eigenvalue weighted by Gasteiger charge is -2.07. The van der Waals surface area contributed by atoms with E-state index >= 15 is 0 Å². The van der Waals surface area contributed by atoms with E-state index in [1.54, 1.807) is 18.2 Å². The van der Waals surface area contributed by atoms with Gasteiger partial charge in [-0.15, -0.1) is 0 Å². The molecule has 0 aromatic heterocycles. The molecule has 4 heteroatoms. The van der Waals surface area contributed by atoms with Crippen LogP contribution in [0, 0.1) is 6.92 Å². The van der Waals surface area contributed by atoms with Crippen molar-refractivity contribution in [2.75, 3.05) is 19.0 Å². The second-order valence-electron chi connectivity index (χ2n) is 3.56. The summed E-state index contributed by atoms with van der Waals surface area (Å²) < 4.78 is 4.81. The number of carbonyl (C=O) groups is 2. The van der Waals surface area contributed by atoms with Crippen molar-refractivity contribution in [1.29, 1.82) is 0 Å². The number of hydrogen-bond acceptors (Lipinski definition) is 4. The van der Waals surface area contributed by atoms with Crippen molar-refractivity contribution in [2.24, 2.45) is 0 Å². The van der Waals surface area contributed by atoms with Gasteiger partial charge in [0, 0.05) is 12.7 Å². The van der Waals surface area contributed by atoms with Crippen LogP contribution < -0.4 is 5.32 Å². The Labute approximate surface area is 94.6 Å². The summed E-state index contributed by atoms with van der Waals surface area (Å²) in [6.45, 7) is 3.10. The highest BCUT2D eigenvalue weighted by Crippen LogP contribution is 2.16. The molecule has 86 valence electrons. The Bertz CT molecular complexity index is 413. The van der Waals surface area contributed by atoms with Crippen LogP contribution in [0.5, 0.6) is 0 Å². The van der Waals surface area contributed by atoms with Crippen LogP contribution in [0.15, 0.2) is 18.2 Å². The second-order valence-corrected chi connectivity index (χ2v) is 3.56. The minimum atomic E-state index is -0.471. The van der Waals surface area contributed by atoms with E-state index < -0.39 is 5.97 Å². The average Bonchev–Trinajstić information content (AvgIpc) is 2.25. The van der Waals surface area contributed by atoms with Gasteiger partial charge in [0.05, 0.1) is 5.56 Å². The molecule has 0 fully saturated rings. The summed E-state index contributed by atoms with van der Waals surface area (Å²) in [5.74, 6) is -0.641. The van der Waals surface area contributed by atoms with Gasteiger partial charge < -0.3 is 10.1 Å². The quantitative estimate of drug-likeness (QED) is 0.787. The van der Waals surface area contributed by atoms with Gasteiger partial charge in [0.1, 0.15) is 6.61 Å². The van der Waals surface area contributed by atoms with Gasteiger partial charge >= 0.3 is 5.97 Å². The van der Waals surface area contributed by atoms with E-state index in [0.717, 1.165) is 11.3 Å². The SMILES string of the molecule is CNc1ccc(C(=O)OCC(C)=O)cc1C. The lowest BCUT2D eigenvalue weighted by Crippen LogP contribution is -2.11. The number of anilines is 1. The Morgan fingerprint density at radius 1 is 1.38 bits per heavy atom. The summed E-state index contributed by atoms with van der Waals surface area (Å²) in [6.07, 6.45) is 0. The molecular weight excluding hydrogens is 206 g/mol. The fourth-order valence-electron chi connectivity index (χ4n) is 1.32. The molecule has 1 rings (SSSR count). The minimum Gasteiger partial charge on any atom is -0.454 e. The van der Waals surface area contributed by atoms with Crippen LogP contribution in [0.1, 0.15) is 22.8 Å². The zero-order valence-corrected chi connectivity index (χ0v) is 9.66. The zero-order valence-electron chi connectivity index (χ0n) is 9.66. The average molecular weight is 221 g/mol. The fourth-order valence-corrected chi connectivity index (χ4v) is 1.32. The van der Waals surface area contributed by atoms with Gasteiger partial charge in [0.2, 0.25) is 0 Å². The molecule has 0 heterocycles. The number of rotatable bonds is 4. The fraction of sp³-hybridized carbons (Fsp3) is 0.333. The van der Waals surface area contributed by atoms with Crippen molar-refractivity contribution in [2.45, 2.75) is 13.8 Å². The predicted molar refractivity (Wildman–Crippen MR) is 61.7 cm³/mol. The summed E-state index contributed by atoms with van der Waals surface area (Å²) in [7, 11) is 1.82. The first-order valence-electron chi connectivity index (χ1n) is 4.99. The largest absolute Gasteiger partial charge is 0.454 e. The van der Waals surface area contributed by atoms with Crippen molar-refractivity contribution in [3.8, 4) is 0 Å².